The lowest BCUT2D eigenvalue weighted by Crippen LogP contribution is -2.60. The number of rotatable bonds is 6. The van der Waals surface area contributed by atoms with Crippen LogP contribution < -0.4 is 4.73 Å². The lowest BCUT2D eigenvalue weighted by Gasteiger charge is -2.41. The zero-order valence-electron chi connectivity index (χ0n) is 22.5. The fraction of sp³-hybridized carbons (Fsp3) is 0.276. The van der Waals surface area contributed by atoms with Gasteiger partial charge >= 0.3 is 0 Å². The van der Waals surface area contributed by atoms with Crippen molar-refractivity contribution in [2.45, 2.75) is 23.9 Å². The molecule has 13 heteroatoms. The highest BCUT2D eigenvalue weighted by Crippen LogP contribution is 2.26. The fourth-order valence-electron chi connectivity index (χ4n) is 5.42. The van der Waals surface area contributed by atoms with E-state index in [1.165, 1.54) is 29.1 Å². The molecule has 0 saturated carbocycles. The first-order valence-electron chi connectivity index (χ1n) is 13.4. The molecule has 0 spiro atoms. The zero-order valence-corrected chi connectivity index (χ0v) is 23.3. The molecule has 1 aromatic carbocycles. The minimum Gasteiger partial charge on any atom is -0.619 e. The fourth-order valence-corrected chi connectivity index (χ4v) is 6.90. The maximum absolute atomic E-state index is 13.7. The lowest BCUT2D eigenvalue weighted by atomic mass is 10.1. The highest BCUT2D eigenvalue weighted by Gasteiger charge is 2.39. The first kappa shape index (κ1) is 27.4. The van der Waals surface area contributed by atoms with E-state index in [1.807, 2.05) is 0 Å². The Bertz CT molecular complexity index is 1810. The van der Waals surface area contributed by atoms with Gasteiger partial charge in [0.1, 0.15) is 5.03 Å². The van der Waals surface area contributed by atoms with E-state index in [9.17, 15) is 23.2 Å². The Morgan fingerprint density at radius 1 is 1.10 bits per heavy atom. The Kier molecular flexibility index (Phi) is 7.09. The Hall–Kier alpha value is -4.80. The Morgan fingerprint density at radius 3 is 2.55 bits per heavy atom. The van der Waals surface area contributed by atoms with Crippen molar-refractivity contribution >= 4 is 32.7 Å². The third-order valence-electron chi connectivity index (χ3n) is 7.67. The predicted molar refractivity (Wildman–Crippen MR) is 152 cm³/mol. The van der Waals surface area contributed by atoms with Crippen LogP contribution in [0.5, 0.6) is 0 Å². The largest absolute Gasteiger partial charge is 0.619 e. The topological polar surface area (TPSA) is 147 Å². The van der Waals surface area contributed by atoms with Gasteiger partial charge in [-0.3, -0.25) is 9.59 Å². The first-order valence-corrected chi connectivity index (χ1v) is 14.9. The number of amides is 2. The van der Waals surface area contributed by atoms with Gasteiger partial charge in [-0.25, -0.2) is 18.4 Å². The van der Waals surface area contributed by atoms with Gasteiger partial charge in [-0.05, 0) is 36.2 Å². The van der Waals surface area contributed by atoms with Crippen LogP contribution in [0.2, 0.25) is 0 Å². The van der Waals surface area contributed by atoms with Crippen LogP contribution in [0, 0.1) is 17.6 Å². The second-order valence-electron chi connectivity index (χ2n) is 10.3. The van der Waals surface area contributed by atoms with Crippen LogP contribution in [0.25, 0.3) is 22.0 Å². The number of aromatic nitrogens is 4. The predicted octanol–water partition coefficient (Wildman–Crippen LogP) is 1.38. The second-order valence-corrected chi connectivity index (χ2v) is 12.2. The molecule has 2 aliphatic rings. The van der Waals surface area contributed by atoms with Crippen LogP contribution in [-0.4, -0.2) is 88.1 Å². The van der Waals surface area contributed by atoms with Crippen LogP contribution in [0.15, 0.2) is 66.2 Å². The van der Waals surface area contributed by atoms with Crippen LogP contribution in [0.3, 0.4) is 0 Å². The van der Waals surface area contributed by atoms with E-state index in [4.69, 9.17) is 6.42 Å². The molecule has 6 rings (SSSR count). The number of aromatic amines is 1. The SMILES string of the molecule is C#Cc1ccc2[nH]c(S(=O)(=O)N3CCN(C(=O)c4ncc(-c5cc[n+]([O-])cc5)cn4)C(CN4CCCC4=O)C3)cc2c1. The number of pyridine rings is 1. The minimum atomic E-state index is -3.95. The summed E-state index contributed by atoms with van der Waals surface area (Å²) in [5.74, 6) is 2.04. The number of carbonyl (C=O) groups excluding carboxylic acids is 2. The number of hydrogen-bond acceptors (Lipinski definition) is 7. The minimum absolute atomic E-state index is 0.000117. The maximum atomic E-state index is 13.7. The van der Waals surface area contributed by atoms with Gasteiger partial charge in [0, 0.05) is 85.7 Å². The van der Waals surface area contributed by atoms with Crippen molar-refractivity contribution < 1.29 is 22.7 Å². The quantitative estimate of drug-likeness (QED) is 0.204. The number of benzene rings is 1. The summed E-state index contributed by atoms with van der Waals surface area (Å²) >= 11 is 0. The van der Waals surface area contributed by atoms with Crippen molar-refractivity contribution in [3.8, 4) is 23.5 Å². The first-order chi connectivity index (χ1) is 20.2. The van der Waals surface area contributed by atoms with Crippen molar-refractivity contribution in [2.75, 3.05) is 32.7 Å². The highest BCUT2D eigenvalue weighted by atomic mass is 32.2. The molecule has 1 unspecified atom stereocenters. The van der Waals surface area contributed by atoms with E-state index in [2.05, 4.69) is 20.9 Å². The molecule has 3 aromatic heterocycles. The summed E-state index contributed by atoms with van der Waals surface area (Å²) in [7, 11) is -3.95. The molecule has 2 amide bonds. The van der Waals surface area contributed by atoms with E-state index < -0.39 is 22.0 Å². The van der Waals surface area contributed by atoms with Crippen molar-refractivity contribution in [2.24, 2.45) is 0 Å². The number of nitrogens with one attached hydrogen (secondary N) is 1. The van der Waals surface area contributed by atoms with Gasteiger partial charge in [0.2, 0.25) is 11.7 Å². The van der Waals surface area contributed by atoms with Gasteiger partial charge in [0.25, 0.3) is 15.9 Å². The van der Waals surface area contributed by atoms with Gasteiger partial charge in [0.05, 0.1) is 6.04 Å². The third kappa shape index (κ3) is 5.17. The molecular formula is C29H27N7O5S. The smallest absolute Gasteiger partial charge is 0.292 e. The molecule has 2 fully saturated rings. The summed E-state index contributed by atoms with van der Waals surface area (Å²) in [6.07, 6.45) is 12.4. The Balaban J connectivity index is 1.25. The van der Waals surface area contributed by atoms with E-state index in [0.717, 1.165) is 5.56 Å². The summed E-state index contributed by atoms with van der Waals surface area (Å²) in [4.78, 5) is 40.8. The Labute approximate surface area is 242 Å². The number of likely N-dealkylation sites (tertiary alicyclic amines) is 1. The van der Waals surface area contributed by atoms with E-state index in [-0.39, 0.29) is 42.9 Å². The Morgan fingerprint density at radius 2 is 1.86 bits per heavy atom. The summed E-state index contributed by atoms with van der Waals surface area (Å²) in [6, 6.07) is 9.41. The molecule has 0 radical (unpaired) electrons. The number of sulfonamides is 1. The van der Waals surface area contributed by atoms with E-state index >= 15 is 0 Å². The third-order valence-corrected chi connectivity index (χ3v) is 9.46. The summed E-state index contributed by atoms with van der Waals surface area (Å²) in [5.41, 5.74) is 2.64. The molecule has 0 bridgehead atoms. The van der Waals surface area contributed by atoms with Gasteiger partial charge in [0.15, 0.2) is 12.4 Å². The number of piperazine rings is 1. The average Bonchev–Trinajstić information content (AvgIpc) is 3.63. The summed E-state index contributed by atoms with van der Waals surface area (Å²) in [6.45, 7) is 0.905. The number of terminal acetylenes is 1. The number of fused-ring (bicyclic) bond motifs is 1. The van der Waals surface area contributed by atoms with Gasteiger partial charge in [-0.1, -0.05) is 5.92 Å². The van der Waals surface area contributed by atoms with E-state index in [1.54, 1.807) is 46.2 Å². The number of H-pyrrole nitrogens is 1. The monoisotopic (exact) mass is 585 g/mol. The van der Waals surface area contributed by atoms with Gasteiger partial charge < -0.3 is 20.0 Å². The van der Waals surface area contributed by atoms with Gasteiger partial charge in [-0.2, -0.15) is 9.04 Å². The molecule has 4 aromatic rings. The molecule has 5 heterocycles. The van der Waals surface area contributed by atoms with Crippen molar-refractivity contribution in [1.82, 2.24) is 29.1 Å². The van der Waals surface area contributed by atoms with Crippen molar-refractivity contribution in [1.29, 1.82) is 0 Å². The maximum Gasteiger partial charge on any atom is 0.292 e. The zero-order chi connectivity index (χ0) is 29.4. The molecule has 0 aliphatic carbocycles. The number of nitrogens with zero attached hydrogens (tertiary/aromatic N) is 6. The van der Waals surface area contributed by atoms with Gasteiger partial charge in [-0.15, -0.1) is 6.42 Å². The normalized spacial score (nSPS) is 18.0. The van der Waals surface area contributed by atoms with Crippen LogP contribution in [-0.2, 0) is 14.8 Å². The number of hydrogen-bond donors (Lipinski definition) is 1. The molecule has 12 nitrogen and oxygen atoms in total. The van der Waals surface area contributed by atoms with Crippen LogP contribution in [0.1, 0.15) is 29.0 Å². The molecule has 1 N–H and O–H groups in total. The second kappa shape index (κ2) is 10.9. The highest BCUT2D eigenvalue weighted by molar-refractivity contribution is 7.89. The summed E-state index contributed by atoms with van der Waals surface area (Å²) < 4.78 is 29.5. The lowest BCUT2D eigenvalue weighted by molar-refractivity contribution is -0.605. The molecular weight excluding hydrogens is 558 g/mol. The van der Waals surface area contributed by atoms with Crippen LogP contribution in [0.4, 0.5) is 0 Å². The van der Waals surface area contributed by atoms with Crippen molar-refractivity contribution in [3.05, 3.63) is 77.8 Å². The molecule has 2 aliphatic heterocycles. The number of carbonyl (C=O) groups is 2. The molecule has 42 heavy (non-hydrogen) atoms. The molecule has 214 valence electrons. The standard InChI is InChI=1S/C29H27N7O5S/c1-2-20-5-6-25-22(14-20)15-26(32-25)42(40,41)35-12-13-36(24(19-35)18-33-9-3-4-27(33)37)29(38)28-30-16-23(17-31-28)21-7-10-34(39)11-8-21/h1,5-8,10-11,14-17,24,32H,3-4,9,12-13,18-19H2. The average molecular weight is 586 g/mol. The van der Waals surface area contributed by atoms with Crippen LogP contribution >= 0.6 is 0 Å². The van der Waals surface area contributed by atoms with Crippen molar-refractivity contribution in [3.63, 3.8) is 0 Å². The van der Waals surface area contributed by atoms with E-state index in [0.29, 0.717) is 46.1 Å². The molecule has 1 atom stereocenters. The summed E-state index contributed by atoms with van der Waals surface area (Å²) in [5, 5.41) is 12.1. The molecule has 2 saturated heterocycles.